The van der Waals surface area contributed by atoms with Crippen LogP contribution in [0.4, 0.5) is 17.1 Å². The summed E-state index contributed by atoms with van der Waals surface area (Å²) >= 11 is 15.4. The molecule has 0 aromatic heterocycles. The van der Waals surface area contributed by atoms with Gasteiger partial charge in [0.1, 0.15) is 5.69 Å². The quantitative estimate of drug-likeness (QED) is 0.551. The number of nitro groups is 1. The molecule has 0 aliphatic heterocycles. The molecular formula is C13H9BrCl2N2O2. The maximum atomic E-state index is 11.1. The minimum absolute atomic E-state index is 0.0489. The molecule has 0 aliphatic carbocycles. The largest absolute Gasteiger partial charge is 0.349 e. The van der Waals surface area contributed by atoms with Crippen molar-refractivity contribution in [2.75, 3.05) is 5.32 Å². The number of nitrogens with one attached hydrogen (secondary N) is 1. The van der Waals surface area contributed by atoms with Crippen LogP contribution >= 0.6 is 39.1 Å². The first kappa shape index (κ1) is 15.1. The summed E-state index contributed by atoms with van der Waals surface area (Å²) in [7, 11) is 0. The van der Waals surface area contributed by atoms with Crippen LogP contribution in [0.15, 0.2) is 34.8 Å². The van der Waals surface area contributed by atoms with Crippen molar-refractivity contribution in [1.29, 1.82) is 0 Å². The number of anilines is 2. The van der Waals surface area contributed by atoms with E-state index >= 15 is 0 Å². The Morgan fingerprint density at radius 2 is 1.85 bits per heavy atom. The van der Waals surface area contributed by atoms with Gasteiger partial charge in [-0.05, 0) is 36.8 Å². The first-order valence-electron chi connectivity index (χ1n) is 5.55. The van der Waals surface area contributed by atoms with Crippen LogP contribution in [0, 0.1) is 17.0 Å². The normalized spacial score (nSPS) is 10.4. The van der Waals surface area contributed by atoms with E-state index in [1.165, 1.54) is 6.07 Å². The smallest absolute Gasteiger partial charge is 0.293 e. The van der Waals surface area contributed by atoms with Crippen molar-refractivity contribution in [3.05, 3.63) is 60.5 Å². The Morgan fingerprint density at radius 3 is 2.50 bits per heavy atom. The highest BCUT2D eigenvalue weighted by atomic mass is 79.9. The Hall–Kier alpha value is -1.30. The van der Waals surface area contributed by atoms with E-state index in [1.54, 1.807) is 24.3 Å². The van der Waals surface area contributed by atoms with Gasteiger partial charge in [-0.25, -0.2) is 0 Å². The number of nitrogens with zero attached hydrogens (tertiary/aromatic N) is 1. The van der Waals surface area contributed by atoms with Crippen LogP contribution in [-0.2, 0) is 0 Å². The van der Waals surface area contributed by atoms with Crippen LogP contribution < -0.4 is 5.32 Å². The van der Waals surface area contributed by atoms with Gasteiger partial charge in [-0.3, -0.25) is 10.1 Å². The molecule has 4 nitrogen and oxygen atoms in total. The van der Waals surface area contributed by atoms with Crippen molar-refractivity contribution in [2.45, 2.75) is 6.92 Å². The van der Waals surface area contributed by atoms with E-state index in [2.05, 4.69) is 21.2 Å². The van der Waals surface area contributed by atoms with Gasteiger partial charge in [-0.15, -0.1) is 0 Å². The molecule has 0 aliphatic rings. The molecule has 0 atom stereocenters. The number of nitro benzene ring substituents is 1. The van der Waals surface area contributed by atoms with E-state index in [9.17, 15) is 10.1 Å². The number of rotatable bonds is 3. The van der Waals surface area contributed by atoms with Crippen LogP contribution in [0.2, 0.25) is 10.0 Å². The number of aryl methyl sites for hydroxylation is 1. The van der Waals surface area contributed by atoms with Crippen LogP contribution in [0.1, 0.15) is 5.56 Å². The average Bonchev–Trinajstić information content (AvgIpc) is 2.37. The summed E-state index contributed by atoms with van der Waals surface area (Å²) in [6.45, 7) is 1.83. The standard InChI is InChI=1S/C13H9BrCl2N2O2/c1-7-4-10(16)12(6-9(7)15)17-11-3-2-8(14)5-13(11)18(19)20/h2-6,17H,1H3. The molecule has 0 spiro atoms. The van der Waals surface area contributed by atoms with Crippen LogP contribution in [0.3, 0.4) is 0 Å². The summed E-state index contributed by atoms with van der Waals surface area (Å²) in [6.07, 6.45) is 0. The third-order valence-corrected chi connectivity index (χ3v) is 3.89. The highest BCUT2D eigenvalue weighted by Gasteiger charge is 2.15. The minimum atomic E-state index is -0.462. The maximum Gasteiger partial charge on any atom is 0.293 e. The van der Waals surface area contributed by atoms with Crippen LogP contribution in [-0.4, -0.2) is 4.92 Å². The number of hydrogen-bond acceptors (Lipinski definition) is 3. The Labute approximate surface area is 134 Å². The van der Waals surface area contributed by atoms with Gasteiger partial charge in [0.25, 0.3) is 5.69 Å². The third kappa shape index (κ3) is 3.23. The summed E-state index contributed by atoms with van der Waals surface area (Å²) in [5.41, 5.74) is 1.66. The van der Waals surface area contributed by atoms with Gasteiger partial charge in [-0.1, -0.05) is 39.1 Å². The summed E-state index contributed by atoms with van der Waals surface area (Å²) in [5, 5.41) is 15.0. The second kappa shape index (κ2) is 5.99. The molecule has 0 saturated heterocycles. The molecule has 0 saturated carbocycles. The molecular weight excluding hydrogens is 367 g/mol. The summed E-state index contributed by atoms with van der Waals surface area (Å²) in [4.78, 5) is 10.6. The predicted molar refractivity (Wildman–Crippen MR) is 85.3 cm³/mol. The molecule has 0 amide bonds. The number of hydrogen-bond donors (Lipinski definition) is 1. The number of halogens is 3. The van der Waals surface area contributed by atoms with Gasteiger partial charge in [0.15, 0.2) is 0 Å². The first-order chi connectivity index (χ1) is 9.38. The molecule has 104 valence electrons. The summed E-state index contributed by atoms with van der Waals surface area (Å²) in [5.74, 6) is 0. The van der Waals surface area contributed by atoms with E-state index < -0.39 is 4.92 Å². The predicted octanol–water partition coefficient (Wildman–Crippen LogP) is 5.72. The lowest BCUT2D eigenvalue weighted by atomic mass is 10.2. The molecule has 7 heteroatoms. The van der Waals surface area contributed by atoms with Gasteiger partial charge < -0.3 is 5.32 Å². The zero-order valence-corrected chi connectivity index (χ0v) is 13.4. The van der Waals surface area contributed by atoms with Crippen molar-refractivity contribution in [1.82, 2.24) is 0 Å². The fourth-order valence-corrected chi connectivity index (χ4v) is 2.43. The SMILES string of the molecule is Cc1cc(Cl)c(Nc2ccc(Br)cc2[N+](=O)[O-])cc1Cl. The highest BCUT2D eigenvalue weighted by Crippen LogP contribution is 2.35. The van der Waals surface area contributed by atoms with Crippen molar-refractivity contribution >= 4 is 56.2 Å². The minimum Gasteiger partial charge on any atom is -0.349 e. The zero-order valence-electron chi connectivity index (χ0n) is 10.3. The lowest BCUT2D eigenvalue weighted by molar-refractivity contribution is -0.384. The lowest BCUT2D eigenvalue weighted by Crippen LogP contribution is -1.98. The zero-order chi connectivity index (χ0) is 14.9. The van der Waals surface area contributed by atoms with Crippen molar-refractivity contribution in [3.8, 4) is 0 Å². The molecule has 2 aromatic carbocycles. The third-order valence-electron chi connectivity index (χ3n) is 2.67. The van der Waals surface area contributed by atoms with E-state index in [1.807, 2.05) is 6.92 Å². The van der Waals surface area contributed by atoms with Gasteiger partial charge >= 0.3 is 0 Å². The highest BCUT2D eigenvalue weighted by molar-refractivity contribution is 9.10. The molecule has 0 radical (unpaired) electrons. The average molecular weight is 376 g/mol. The molecule has 20 heavy (non-hydrogen) atoms. The maximum absolute atomic E-state index is 11.1. The summed E-state index contributed by atoms with van der Waals surface area (Å²) < 4.78 is 0.628. The molecule has 0 bridgehead atoms. The van der Waals surface area contributed by atoms with E-state index in [-0.39, 0.29) is 5.69 Å². The second-order valence-electron chi connectivity index (χ2n) is 4.12. The van der Waals surface area contributed by atoms with E-state index in [0.29, 0.717) is 25.9 Å². The monoisotopic (exact) mass is 374 g/mol. The Bertz CT molecular complexity index is 692. The van der Waals surface area contributed by atoms with Crippen molar-refractivity contribution in [2.24, 2.45) is 0 Å². The first-order valence-corrected chi connectivity index (χ1v) is 7.10. The molecule has 0 fully saturated rings. The van der Waals surface area contributed by atoms with E-state index in [4.69, 9.17) is 23.2 Å². The topological polar surface area (TPSA) is 55.2 Å². The number of benzene rings is 2. The molecule has 0 heterocycles. The van der Waals surface area contributed by atoms with Crippen molar-refractivity contribution < 1.29 is 4.92 Å². The molecule has 1 N–H and O–H groups in total. The Balaban J connectivity index is 2.45. The van der Waals surface area contributed by atoms with Gasteiger partial charge in [0.05, 0.1) is 15.6 Å². The fraction of sp³-hybridized carbons (Fsp3) is 0.0769. The summed E-state index contributed by atoms with van der Waals surface area (Å²) in [6, 6.07) is 8.08. The van der Waals surface area contributed by atoms with Crippen LogP contribution in [0.5, 0.6) is 0 Å². The molecule has 2 rings (SSSR count). The Morgan fingerprint density at radius 1 is 1.15 bits per heavy atom. The van der Waals surface area contributed by atoms with Crippen molar-refractivity contribution in [3.63, 3.8) is 0 Å². The van der Waals surface area contributed by atoms with Gasteiger partial charge in [-0.2, -0.15) is 0 Å². The lowest BCUT2D eigenvalue weighted by Gasteiger charge is -2.11. The molecule has 0 unspecified atom stereocenters. The van der Waals surface area contributed by atoms with Gasteiger partial charge in [0.2, 0.25) is 0 Å². The second-order valence-corrected chi connectivity index (χ2v) is 5.85. The Kier molecular flexibility index (Phi) is 4.52. The fourth-order valence-electron chi connectivity index (χ4n) is 1.65. The van der Waals surface area contributed by atoms with Crippen LogP contribution in [0.25, 0.3) is 0 Å². The van der Waals surface area contributed by atoms with Gasteiger partial charge in [0, 0.05) is 15.6 Å². The van der Waals surface area contributed by atoms with E-state index in [0.717, 1.165) is 5.56 Å². The molecule has 2 aromatic rings.